The number of benzene rings is 4. The number of fused-ring (bicyclic) bond motifs is 1. The largest absolute Gasteiger partial charge is 0.496 e. The van der Waals surface area contributed by atoms with Crippen LogP contribution >= 0.6 is 0 Å². The molecule has 5 aromatic rings. The molecule has 50 heavy (non-hydrogen) atoms. The summed E-state index contributed by atoms with van der Waals surface area (Å²) in [7, 11) is 0.231. The lowest BCUT2D eigenvalue weighted by atomic mass is 9.91. The van der Waals surface area contributed by atoms with E-state index in [2.05, 4.69) is 86.3 Å². The third-order valence-corrected chi connectivity index (χ3v) is 15.3. The first kappa shape index (κ1) is 35.1. The van der Waals surface area contributed by atoms with E-state index in [1.165, 1.54) is 22.1 Å². The van der Waals surface area contributed by atoms with Crippen LogP contribution in [0.25, 0.3) is 10.9 Å². The molecule has 1 saturated heterocycles. The standard InChI is InChI=1S/C41H46N2O6Si/c1-28-25-37(47-5)35(34-22-24-43(38(28)34)40(45)46)27-42-23-21-31(26-36(42)29-17-19-30(20-18-29)39(44)48-6)49-50(41(2,3)4,32-13-9-7-10-14-32)33-15-11-8-12-16-33/h7-20,22,24-25,31,36H,21,23,26-27H2,1-6H3,(H,45,46)/t31-,36+/m0/s1. The van der Waals surface area contributed by atoms with E-state index in [1.54, 1.807) is 13.3 Å². The molecule has 1 aromatic heterocycles. The van der Waals surface area contributed by atoms with Gasteiger partial charge in [-0.3, -0.25) is 9.47 Å². The number of ether oxygens (including phenoxy) is 2. The van der Waals surface area contributed by atoms with Crippen molar-refractivity contribution in [3.63, 3.8) is 0 Å². The van der Waals surface area contributed by atoms with Gasteiger partial charge in [0.05, 0.1) is 25.3 Å². The highest BCUT2D eigenvalue weighted by Gasteiger charge is 2.52. The summed E-state index contributed by atoms with van der Waals surface area (Å²) in [6, 6.07) is 32.9. The van der Waals surface area contributed by atoms with E-state index in [9.17, 15) is 14.7 Å². The minimum absolute atomic E-state index is 0.0455. The summed E-state index contributed by atoms with van der Waals surface area (Å²) in [6.45, 7) is 10.1. The molecule has 9 heteroatoms. The number of rotatable bonds is 9. The molecular formula is C41H46N2O6Si. The van der Waals surface area contributed by atoms with Gasteiger partial charge in [0.1, 0.15) is 5.75 Å². The Balaban J connectivity index is 1.42. The first-order valence-electron chi connectivity index (χ1n) is 17.1. The molecular weight excluding hydrogens is 645 g/mol. The zero-order valence-corrected chi connectivity index (χ0v) is 30.7. The smallest absolute Gasteiger partial charge is 0.416 e. The number of hydrogen-bond donors (Lipinski definition) is 1. The topological polar surface area (TPSA) is 90.2 Å². The van der Waals surface area contributed by atoms with Crippen molar-refractivity contribution in [3.05, 3.63) is 126 Å². The molecule has 260 valence electrons. The van der Waals surface area contributed by atoms with Gasteiger partial charge in [-0.15, -0.1) is 0 Å². The van der Waals surface area contributed by atoms with Crippen LogP contribution in [-0.2, 0) is 15.7 Å². The predicted molar refractivity (Wildman–Crippen MR) is 199 cm³/mol. The van der Waals surface area contributed by atoms with Crippen molar-refractivity contribution >= 4 is 41.7 Å². The summed E-state index contributed by atoms with van der Waals surface area (Å²) >= 11 is 0. The summed E-state index contributed by atoms with van der Waals surface area (Å²) in [6.07, 6.45) is 2.08. The molecule has 2 heterocycles. The normalized spacial score (nSPS) is 17.1. The molecule has 0 aliphatic carbocycles. The Hall–Kier alpha value is -4.70. The number of carbonyl (C=O) groups is 2. The minimum atomic E-state index is -2.82. The number of carbonyl (C=O) groups excluding carboxylic acids is 1. The van der Waals surface area contributed by atoms with Crippen LogP contribution in [0.1, 0.15) is 66.7 Å². The van der Waals surface area contributed by atoms with Crippen molar-refractivity contribution in [1.82, 2.24) is 9.47 Å². The van der Waals surface area contributed by atoms with Crippen molar-refractivity contribution in [2.45, 2.75) is 64.3 Å². The van der Waals surface area contributed by atoms with E-state index in [4.69, 9.17) is 13.9 Å². The quantitative estimate of drug-likeness (QED) is 0.126. The van der Waals surface area contributed by atoms with E-state index in [-0.39, 0.29) is 23.2 Å². The second-order valence-corrected chi connectivity index (χ2v) is 18.4. The van der Waals surface area contributed by atoms with Crippen LogP contribution in [-0.4, -0.2) is 61.8 Å². The van der Waals surface area contributed by atoms with Gasteiger partial charge in [0.15, 0.2) is 0 Å². The maximum Gasteiger partial charge on any atom is 0.416 e. The molecule has 8 nitrogen and oxygen atoms in total. The van der Waals surface area contributed by atoms with Crippen LogP contribution < -0.4 is 15.1 Å². The number of carboxylic acid groups (broad SMARTS) is 1. The fourth-order valence-electron chi connectivity index (χ4n) is 7.80. The van der Waals surface area contributed by atoms with Crippen LogP contribution in [0.3, 0.4) is 0 Å². The number of likely N-dealkylation sites (tertiary alicyclic amines) is 1. The highest BCUT2D eigenvalue weighted by molar-refractivity contribution is 6.99. The predicted octanol–water partition coefficient (Wildman–Crippen LogP) is 7.55. The van der Waals surface area contributed by atoms with Gasteiger partial charge < -0.3 is 19.0 Å². The Morgan fingerprint density at radius 3 is 2.06 bits per heavy atom. The van der Waals surface area contributed by atoms with E-state index in [0.717, 1.165) is 47.2 Å². The van der Waals surface area contributed by atoms with Gasteiger partial charge in [0.2, 0.25) is 0 Å². The third-order valence-electron chi connectivity index (χ3n) is 10.2. The minimum Gasteiger partial charge on any atom is -0.496 e. The lowest BCUT2D eigenvalue weighted by molar-refractivity contribution is 0.0447. The first-order chi connectivity index (χ1) is 24.0. The Morgan fingerprint density at radius 2 is 1.52 bits per heavy atom. The number of hydrogen-bond acceptors (Lipinski definition) is 6. The summed E-state index contributed by atoms with van der Waals surface area (Å²) in [4.78, 5) is 26.9. The molecule has 0 amide bonds. The maximum atomic E-state index is 12.3. The molecule has 2 atom stereocenters. The zero-order valence-electron chi connectivity index (χ0n) is 29.7. The van der Waals surface area contributed by atoms with E-state index >= 15 is 0 Å². The Labute approximate surface area is 295 Å². The van der Waals surface area contributed by atoms with Gasteiger partial charge in [0, 0.05) is 42.4 Å². The molecule has 0 radical (unpaired) electrons. The van der Waals surface area contributed by atoms with Crippen LogP contribution in [0.4, 0.5) is 4.79 Å². The molecule has 1 fully saturated rings. The third kappa shape index (κ3) is 6.48. The summed E-state index contributed by atoms with van der Waals surface area (Å²) < 4.78 is 19.8. The van der Waals surface area contributed by atoms with E-state index < -0.39 is 14.4 Å². The molecule has 1 N–H and O–H groups in total. The van der Waals surface area contributed by atoms with Crippen LogP contribution in [0.5, 0.6) is 5.75 Å². The number of piperidine rings is 1. The van der Waals surface area contributed by atoms with Gasteiger partial charge in [0.25, 0.3) is 8.32 Å². The zero-order chi connectivity index (χ0) is 35.6. The Bertz CT molecular complexity index is 1930. The molecule has 1 aliphatic heterocycles. The molecule has 1 aliphatic rings. The van der Waals surface area contributed by atoms with Gasteiger partial charge in [-0.1, -0.05) is 93.6 Å². The highest BCUT2D eigenvalue weighted by Crippen LogP contribution is 2.42. The van der Waals surface area contributed by atoms with Crippen LogP contribution in [0.15, 0.2) is 103 Å². The molecule has 6 rings (SSSR count). The van der Waals surface area contributed by atoms with Crippen LogP contribution in [0.2, 0.25) is 5.04 Å². The molecule has 0 unspecified atom stereocenters. The van der Waals surface area contributed by atoms with Gasteiger partial charge in [-0.05, 0) is 70.6 Å². The molecule has 0 saturated carbocycles. The number of aryl methyl sites for hydroxylation is 1. The summed E-state index contributed by atoms with van der Waals surface area (Å²) in [5, 5.41) is 13.1. The van der Waals surface area contributed by atoms with E-state index in [1.807, 2.05) is 43.3 Å². The number of esters is 1. The molecule has 0 bridgehead atoms. The average molecular weight is 691 g/mol. The van der Waals surface area contributed by atoms with Crippen molar-refractivity contribution in [1.29, 1.82) is 0 Å². The van der Waals surface area contributed by atoms with Crippen molar-refractivity contribution in [3.8, 4) is 5.75 Å². The van der Waals surface area contributed by atoms with Crippen molar-refractivity contribution < 1.29 is 28.6 Å². The van der Waals surface area contributed by atoms with Gasteiger partial charge >= 0.3 is 12.1 Å². The van der Waals surface area contributed by atoms with Crippen LogP contribution in [0, 0.1) is 6.92 Å². The van der Waals surface area contributed by atoms with E-state index in [0.29, 0.717) is 17.6 Å². The van der Waals surface area contributed by atoms with Gasteiger partial charge in [-0.2, -0.15) is 0 Å². The number of nitrogens with zero attached hydrogens (tertiary/aromatic N) is 2. The fourth-order valence-corrected chi connectivity index (χ4v) is 12.5. The monoisotopic (exact) mass is 690 g/mol. The maximum absolute atomic E-state index is 12.3. The SMILES string of the molecule is COC(=O)c1ccc([C@H]2C[C@@H](O[Si](c3ccccc3)(c3ccccc3)C(C)(C)C)CCN2Cc2c(OC)cc(C)c3c2ccn3C(=O)O)cc1. The number of aromatic nitrogens is 1. The molecule has 0 spiro atoms. The second kappa shape index (κ2) is 14.3. The Morgan fingerprint density at radius 1 is 0.900 bits per heavy atom. The average Bonchev–Trinajstić information content (AvgIpc) is 3.59. The summed E-state index contributed by atoms with van der Waals surface area (Å²) in [5.74, 6) is 0.350. The fraction of sp³-hybridized carbons (Fsp3) is 0.317. The van der Waals surface area contributed by atoms with Gasteiger partial charge in [-0.25, -0.2) is 9.59 Å². The van der Waals surface area contributed by atoms with Crippen molar-refractivity contribution in [2.75, 3.05) is 20.8 Å². The highest BCUT2D eigenvalue weighted by atomic mass is 28.4. The number of methoxy groups -OCH3 is 2. The second-order valence-electron chi connectivity index (χ2n) is 14.1. The lowest BCUT2D eigenvalue weighted by Gasteiger charge is -2.48. The lowest BCUT2D eigenvalue weighted by Crippen LogP contribution is -2.68. The van der Waals surface area contributed by atoms with Crippen molar-refractivity contribution in [2.24, 2.45) is 0 Å². The Kier molecular flexibility index (Phi) is 10.0. The molecule has 4 aromatic carbocycles. The first-order valence-corrected chi connectivity index (χ1v) is 19.0. The summed E-state index contributed by atoms with van der Waals surface area (Å²) in [5.41, 5.74) is 4.00.